The Bertz CT molecular complexity index is 1220. The maximum absolute atomic E-state index is 12.5. The molecule has 0 aliphatic carbocycles. The first kappa shape index (κ1) is 17.5. The number of rotatable bonds is 3. The van der Waals surface area contributed by atoms with Gasteiger partial charge in [0.1, 0.15) is 10.4 Å². The van der Waals surface area contributed by atoms with Crippen LogP contribution in [0.15, 0.2) is 64.3 Å². The summed E-state index contributed by atoms with van der Waals surface area (Å²) in [5, 5.41) is 1.04. The Morgan fingerprint density at radius 3 is 2.67 bits per heavy atom. The Balaban J connectivity index is 1.70. The molecular weight excluding hydrogens is 404 g/mol. The minimum atomic E-state index is -0.0887. The second-order valence-corrected chi connectivity index (χ2v) is 7.28. The van der Waals surface area contributed by atoms with E-state index in [9.17, 15) is 4.79 Å². The van der Waals surface area contributed by atoms with E-state index >= 15 is 0 Å². The lowest BCUT2D eigenvalue weighted by Crippen LogP contribution is -2.22. The minimum Gasteiger partial charge on any atom is -0.299 e. The van der Waals surface area contributed by atoms with Crippen molar-refractivity contribution in [3.8, 4) is 11.3 Å². The molecule has 0 amide bonds. The summed E-state index contributed by atoms with van der Waals surface area (Å²) in [5.74, 6) is 0.678. The van der Waals surface area contributed by atoms with Gasteiger partial charge in [0, 0.05) is 24.8 Å². The van der Waals surface area contributed by atoms with Crippen molar-refractivity contribution >= 4 is 26.8 Å². The lowest BCUT2D eigenvalue weighted by molar-refractivity contribution is 0.777. The predicted molar refractivity (Wildman–Crippen MR) is 110 cm³/mol. The molecule has 0 saturated carbocycles. The highest BCUT2D eigenvalue weighted by atomic mass is 79.9. The fraction of sp³-hybridized carbons (Fsp3) is 0.143. The van der Waals surface area contributed by atoms with E-state index < -0.39 is 0 Å². The molecule has 5 nitrogen and oxygen atoms in total. The van der Waals surface area contributed by atoms with Gasteiger partial charge >= 0.3 is 0 Å². The van der Waals surface area contributed by atoms with E-state index in [0.29, 0.717) is 17.1 Å². The van der Waals surface area contributed by atoms with Crippen molar-refractivity contribution < 1.29 is 0 Å². The summed E-state index contributed by atoms with van der Waals surface area (Å²) in [6, 6.07) is 14.1. The molecule has 0 fully saturated rings. The topological polar surface area (TPSA) is 60.7 Å². The molecule has 3 heterocycles. The van der Waals surface area contributed by atoms with Crippen molar-refractivity contribution in [1.29, 1.82) is 0 Å². The van der Waals surface area contributed by atoms with E-state index in [1.54, 1.807) is 19.4 Å². The fourth-order valence-corrected chi connectivity index (χ4v) is 3.44. The van der Waals surface area contributed by atoms with Crippen LogP contribution in [-0.4, -0.2) is 19.5 Å². The number of benzene rings is 1. The van der Waals surface area contributed by atoms with Crippen LogP contribution in [0.4, 0.5) is 0 Å². The van der Waals surface area contributed by atoms with Crippen LogP contribution in [0.2, 0.25) is 0 Å². The van der Waals surface area contributed by atoms with E-state index in [1.165, 1.54) is 15.7 Å². The first-order valence-electron chi connectivity index (χ1n) is 8.54. The number of halogens is 1. The van der Waals surface area contributed by atoms with Crippen molar-refractivity contribution in [3.05, 3.63) is 86.8 Å². The van der Waals surface area contributed by atoms with Gasteiger partial charge in [-0.1, -0.05) is 12.1 Å². The van der Waals surface area contributed by atoms with Crippen LogP contribution in [0.3, 0.4) is 0 Å². The van der Waals surface area contributed by atoms with Crippen molar-refractivity contribution in [1.82, 2.24) is 19.5 Å². The summed E-state index contributed by atoms with van der Waals surface area (Å²) in [6.07, 6.45) is 4.22. The Kier molecular flexibility index (Phi) is 4.58. The fourth-order valence-electron chi connectivity index (χ4n) is 3.03. The van der Waals surface area contributed by atoms with Gasteiger partial charge in [0.25, 0.3) is 5.56 Å². The normalized spacial score (nSPS) is 11.1. The molecule has 0 aliphatic rings. The molecule has 4 rings (SSSR count). The Morgan fingerprint density at radius 2 is 1.85 bits per heavy atom. The molecule has 0 radical (unpaired) electrons. The van der Waals surface area contributed by atoms with Gasteiger partial charge in [-0.25, -0.2) is 15.0 Å². The monoisotopic (exact) mass is 420 g/mol. The van der Waals surface area contributed by atoms with Gasteiger partial charge in [-0.2, -0.15) is 0 Å². The largest absolute Gasteiger partial charge is 0.299 e. The maximum Gasteiger partial charge on any atom is 0.262 e. The molecule has 3 aromatic heterocycles. The van der Waals surface area contributed by atoms with E-state index in [2.05, 4.69) is 43.0 Å². The number of aryl methyl sites for hydroxylation is 1. The summed E-state index contributed by atoms with van der Waals surface area (Å²) in [4.78, 5) is 25.6. The standard InChI is InChI=1S/C21H17BrN4O/c1-13-24-12-17(21(27)26(13)2)19-6-4-16-10-14(3-5-18(16)25-19)9-15-7-8-23-20(22)11-15/h3-8,10-12H,9H2,1-2H3. The number of fused-ring (bicyclic) bond motifs is 1. The molecule has 0 N–H and O–H groups in total. The van der Waals surface area contributed by atoms with Crippen LogP contribution in [0.5, 0.6) is 0 Å². The molecule has 0 atom stereocenters. The highest BCUT2D eigenvalue weighted by Crippen LogP contribution is 2.21. The summed E-state index contributed by atoms with van der Waals surface area (Å²) in [7, 11) is 1.72. The van der Waals surface area contributed by atoms with Gasteiger partial charge in [-0.3, -0.25) is 9.36 Å². The molecule has 134 valence electrons. The molecule has 0 bridgehead atoms. The van der Waals surface area contributed by atoms with E-state index in [4.69, 9.17) is 0 Å². The van der Waals surface area contributed by atoms with Crippen LogP contribution in [-0.2, 0) is 13.5 Å². The zero-order valence-corrected chi connectivity index (χ0v) is 16.6. The zero-order valence-electron chi connectivity index (χ0n) is 15.0. The van der Waals surface area contributed by atoms with Crippen LogP contribution in [0.1, 0.15) is 17.0 Å². The number of hydrogen-bond donors (Lipinski definition) is 0. The molecule has 0 aliphatic heterocycles. The minimum absolute atomic E-state index is 0.0887. The summed E-state index contributed by atoms with van der Waals surface area (Å²) < 4.78 is 2.37. The SMILES string of the molecule is Cc1ncc(-c2ccc3cc(Cc4ccnc(Br)c4)ccc3n2)c(=O)n1C. The Hall–Kier alpha value is -2.86. The third-order valence-corrected chi connectivity index (χ3v) is 5.06. The Labute approximate surface area is 164 Å². The number of nitrogens with zero attached hydrogens (tertiary/aromatic N) is 4. The quantitative estimate of drug-likeness (QED) is 0.469. The van der Waals surface area contributed by atoms with Gasteiger partial charge in [0.05, 0.1) is 16.8 Å². The Morgan fingerprint density at radius 1 is 1.04 bits per heavy atom. The van der Waals surface area contributed by atoms with E-state index in [1.807, 2.05) is 37.3 Å². The van der Waals surface area contributed by atoms with Gasteiger partial charge in [-0.05, 0) is 70.7 Å². The molecular formula is C21H17BrN4O. The average Bonchev–Trinajstić information content (AvgIpc) is 2.66. The van der Waals surface area contributed by atoms with Crippen LogP contribution >= 0.6 is 15.9 Å². The van der Waals surface area contributed by atoms with E-state index in [0.717, 1.165) is 21.9 Å². The maximum atomic E-state index is 12.5. The third-order valence-electron chi connectivity index (χ3n) is 4.63. The van der Waals surface area contributed by atoms with Crippen molar-refractivity contribution in [3.63, 3.8) is 0 Å². The molecule has 0 spiro atoms. The molecule has 4 aromatic rings. The van der Waals surface area contributed by atoms with Crippen molar-refractivity contribution in [2.24, 2.45) is 7.05 Å². The number of hydrogen-bond acceptors (Lipinski definition) is 4. The van der Waals surface area contributed by atoms with Gasteiger partial charge in [0.15, 0.2) is 0 Å². The van der Waals surface area contributed by atoms with E-state index in [-0.39, 0.29) is 5.56 Å². The second-order valence-electron chi connectivity index (χ2n) is 6.47. The zero-order chi connectivity index (χ0) is 19.0. The predicted octanol–water partition coefficient (Wildman–Crippen LogP) is 4.05. The van der Waals surface area contributed by atoms with Crippen molar-refractivity contribution in [2.75, 3.05) is 0 Å². The van der Waals surface area contributed by atoms with Gasteiger partial charge in [0.2, 0.25) is 0 Å². The van der Waals surface area contributed by atoms with Crippen molar-refractivity contribution in [2.45, 2.75) is 13.3 Å². The molecule has 1 aromatic carbocycles. The first-order valence-corrected chi connectivity index (χ1v) is 9.34. The highest BCUT2D eigenvalue weighted by Gasteiger charge is 2.10. The van der Waals surface area contributed by atoms with Gasteiger partial charge in [-0.15, -0.1) is 0 Å². The summed E-state index contributed by atoms with van der Waals surface area (Å²) in [5.41, 5.74) is 4.30. The number of aromatic nitrogens is 4. The smallest absolute Gasteiger partial charge is 0.262 e. The third kappa shape index (κ3) is 3.53. The van der Waals surface area contributed by atoms with Crippen LogP contribution in [0, 0.1) is 6.92 Å². The number of pyridine rings is 2. The lowest BCUT2D eigenvalue weighted by atomic mass is 10.0. The summed E-state index contributed by atoms with van der Waals surface area (Å²) >= 11 is 3.41. The molecule has 27 heavy (non-hydrogen) atoms. The molecule has 0 unspecified atom stereocenters. The molecule has 0 saturated heterocycles. The summed E-state index contributed by atoms with van der Waals surface area (Å²) in [6.45, 7) is 1.81. The highest BCUT2D eigenvalue weighted by molar-refractivity contribution is 9.10. The van der Waals surface area contributed by atoms with Crippen LogP contribution < -0.4 is 5.56 Å². The van der Waals surface area contributed by atoms with Gasteiger partial charge < -0.3 is 0 Å². The second kappa shape index (κ2) is 7.04. The average molecular weight is 421 g/mol. The lowest BCUT2D eigenvalue weighted by Gasteiger charge is -2.08. The molecule has 6 heteroatoms. The first-order chi connectivity index (χ1) is 13.0. The van der Waals surface area contributed by atoms with Crippen LogP contribution in [0.25, 0.3) is 22.2 Å².